The van der Waals surface area contributed by atoms with Crippen molar-refractivity contribution in [2.24, 2.45) is 11.7 Å². The molecule has 0 radical (unpaired) electrons. The molecule has 1 saturated heterocycles. The first-order valence-corrected chi connectivity index (χ1v) is 10.7. The monoisotopic (exact) mass is 465 g/mol. The van der Waals surface area contributed by atoms with Crippen LogP contribution in [0.1, 0.15) is 27.5 Å². The Kier molecular flexibility index (Phi) is 6.77. The second kappa shape index (κ2) is 9.91. The van der Waals surface area contributed by atoms with Gasteiger partial charge in [-0.25, -0.2) is 9.82 Å². The number of halogens is 1. The molecule has 0 aliphatic carbocycles. The van der Waals surface area contributed by atoms with Crippen LogP contribution in [0.4, 0.5) is 10.1 Å². The number of nitrogens with two attached hydrogens (primary N) is 1. The predicted molar refractivity (Wildman–Crippen MR) is 122 cm³/mol. The van der Waals surface area contributed by atoms with E-state index in [9.17, 15) is 14.0 Å². The highest BCUT2D eigenvalue weighted by atomic mass is 19.1. The molecule has 2 aromatic rings. The normalized spacial score (nSPS) is 17.4. The van der Waals surface area contributed by atoms with Gasteiger partial charge in [0.15, 0.2) is 17.3 Å². The van der Waals surface area contributed by atoms with Crippen molar-refractivity contribution in [3.63, 3.8) is 0 Å². The van der Waals surface area contributed by atoms with Gasteiger partial charge in [0.2, 0.25) is 0 Å². The molecule has 1 fully saturated rings. The fourth-order valence-corrected chi connectivity index (χ4v) is 3.75. The molecular weight excluding hydrogens is 441 g/mol. The first-order valence-electron chi connectivity index (χ1n) is 10.7. The maximum Gasteiger partial charge on any atom is 0.253 e. The molecule has 0 bridgehead atoms. The molecule has 4 rings (SSSR count). The quantitative estimate of drug-likeness (QED) is 0.399. The number of ether oxygens (including phenoxy) is 2. The van der Waals surface area contributed by atoms with E-state index >= 15 is 0 Å². The van der Waals surface area contributed by atoms with Crippen molar-refractivity contribution in [3.8, 4) is 11.8 Å². The van der Waals surface area contributed by atoms with Crippen LogP contribution < -0.4 is 21.3 Å². The van der Waals surface area contributed by atoms with E-state index in [0.717, 1.165) is 0 Å². The SMILES string of the molecule is COCCOc1cc2c(cc1F)C(C(=O)C=C(N)c1ccc(C(=O)N3CC(C#N)C3)cc1)NN2. The number of nitrogens with one attached hydrogen (secondary N) is 2. The molecule has 176 valence electrons. The maximum absolute atomic E-state index is 14.4. The lowest BCUT2D eigenvalue weighted by Crippen LogP contribution is -2.49. The Morgan fingerprint density at radius 1 is 1.24 bits per heavy atom. The van der Waals surface area contributed by atoms with Crippen molar-refractivity contribution in [1.29, 1.82) is 5.26 Å². The number of carbonyl (C=O) groups is 2. The van der Waals surface area contributed by atoms with E-state index < -0.39 is 11.9 Å². The lowest BCUT2D eigenvalue weighted by atomic mass is 9.99. The number of nitriles is 1. The van der Waals surface area contributed by atoms with Crippen molar-refractivity contribution in [2.75, 3.05) is 38.8 Å². The van der Waals surface area contributed by atoms with Crippen molar-refractivity contribution in [1.82, 2.24) is 10.3 Å². The number of rotatable bonds is 8. The second-order valence-electron chi connectivity index (χ2n) is 8.03. The molecule has 1 amide bonds. The number of hydrogen-bond donors (Lipinski definition) is 3. The number of anilines is 1. The van der Waals surface area contributed by atoms with E-state index in [4.69, 9.17) is 20.5 Å². The van der Waals surface area contributed by atoms with Gasteiger partial charge >= 0.3 is 0 Å². The number of hydrazine groups is 1. The van der Waals surface area contributed by atoms with Gasteiger partial charge in [0.05, 0.1) is 24.3 Å². The molecule has 2 aliphatic rings. The standard InChI is InChI=1S/C24H24FN5O4/c1-33-6-7-34-22-10-20-17(8-18(22)25)23(29-28-20)21(31)9-19(27)15-2-4-16(5-3-15)24(32)30-12-14(11-26)13-30/h2-5,8-10,14,23,28-29H,6-7,12-13,27H2,1H3. The van der Waals surface area contributed by atoms with Crippen LogP contribution in [0.15, 0.2) is 42.5 Å². The Labute approximate surface area is 195 Å². The van der Waals surface area contributed by atoms with Crippen LogP contribution >= 0.6 is 0 Å². The van der Waals surface area contributed by atoms with Crippen molar-refractivity contribution >= 4 is 23.1 Å². The zero-order chi connectivity index (χ0) is 24.2. The van der Waals surface area contributed by atoms with Gasteiger partial charge in [0.1, 0.15) is 12.6 Å². The summed E-state index contributed by atoms with van der Waals surface area (Å²) in [5, 5.41) is 8.85. The average Bonchev–Trinajstić information content (AvgIpc) is 3.21. The minimum Gasteiger partial charge on any atom is -0.488 e. The van der Waals surface area contributed by atoms with E-state index in [1.54, 1.807) is 29.2 Å². The van der Waals surface area contributed by atoms with E-state index in [1.807, 2.05) is 0 Å². The van der Waals surface area contributed by atoms with Gasteiger partial charge in [-0.15, -0.1) is 0 Å². The van der Waals surface area contributed by atoms with Gasteiger partial charge in [0.25, 0.3) is 5.91 Å². The molecule has 1 unspecified atom stereocenters. The first kappa shape index (κ1) is 23.2. The molecule has 0 saturated carbocycles. The van der Waals surface area contributed by atoms with Crippen molar-refractivity contribution in [2.45, 2.75) is 6.04 Å². The maximum atomic E-state index is 14.4. The third kappa shape index (κ3) is 4.71. The van der Waals surface area contributed by atoms with Crippen LogP contribution in [0.2, 0.25) is 0 Å². The lowest BCUT2D eigenvalue weighted by Gasteiger charge is -2.35. The second-order valence-corrected chi connectivity index (χ2v) is 8.03. The topological polar surface area (TPSA) is 130 Å². The van der Waals surface area contributed by atoms with Gasteiger partial charge < -0.3 is 25.5 Å². The van der Waals surface area contributed by atoms with Gasteiger partial charge in [-0.1, -0.05) is 12.1 Å². The van der Waals surface area contributed by atoms with Crippen molar-refractivity contribution < 1.29 is 23.5 Å². The summed E-state index contributed by atoms with van der Waals surface area (Å²) in [6.45, 7) is 1.38. The number of ketones is 1. The van der Waals surface area contributed by atoms with Crippen LogP contribution in [0.25, 0.3) is 5.70 Å². The Morgan fingerprint density at radius 3 is 2.62 bits per heavy atom. The molecule has 2 aliphatic heterocycles. The highest BCUT2D eigenvalue weighted by Crippen LogP contribution is 2.35. The summed E-state index contributed by atoms with van der Waals surface area (Å²) >= 11 is 0. The predicted octanol–water partition coefficient (Wildman–Crippen LogP) is 1.99. The van der Waals surface area contributed by atoms with Crippen LogP contribution in [-0.4, -0.2) is 50.0 Å². The number of nitrogens with zero attached hydrogens (tertiary/aromatic N) is 2. The summed E-state index contributed by atoms with van der Waals surface area (Å²) in [5.41, 5.74) is 14.1. The molecule has 2 aromatic carbocycles. The van der Waals surface area contributed by atoms with Crippen LogP contribution in [0, 0.1) is 23.1 Å². The summed E-state index contributed by atoms with van der Waals surface area (Å²) in [5.74, 6) is -1.15. The van der Waals surface area contributed by atoms with Gasteiger partial charge in [-0.05, 0) is 23.8 Å². The molecule has 10 heteroatoms. The van der Waals surface area contributed by atoms with Gasteiger partial charge in [-0.2, -0.15) is 5.26 Å². The fourth-order valence-electron chi connectivity index (χ4n) is 3.75. The summed E-state index contributed by atoms with van der Waals surface area (Å²) in [7, 11) is 1.52. The molecule has 34 heavy (non-hydrogen) atoms. The first-order chi connectivity index (χ1) is 16.4. The fraction of sp³-hybridized carbons (Fsp3) is 0.292. The minimum atomic E-state index is -0.823. The Hall–Kier alpha value is -3.94. The molecule has 1 atom stereocenters. The molecule has 0 aromatic heterocycles. The average molecular weight is 465 g/mol. The molecule has 4 N–H and O–H groups in total. The number of fused-ring (bicyclic) bond motifs is 1. The van der Waals surface area contributed by atoms with Crippen LogP contribution in [-0.2, 0) is 9.53 Å². The van der Waals surface area contributed by atoms with E-state index in [-0.39, 0.29) is 35.7 Å². The zero-order valence-corrected chi connectivity index (χ0v) is 18.5. The zero-order valence-electron chi connectivity index (χ0n) is 18.5. The number of amides is 1. The smallest absolute Gasteiger partial charge is 0.253 e. The number of methoxy groups -OCH3 is 1. The third-order valence-corrected chi connectivity index (χ3v) is 5.71. The lowest BCUT2D eigenvalue weighted by molar-refractivity contribution is -0.116. The molecule has 0 spiro atoms. The molecule has 9 nitrogen and oxygen atoms in total. The molecule has 2 heterocycles. The molecular formula is C24H24FN5O4. The van der Waals surface area contributed by atoms with E-state index in [0.29, 0.717) is 42.1 Å². The van der Waals surface area contributed by atoms with Crippen LogP contribution in [0.3, 0.4) is 0 Å². The van der Waals surface area contributed by atoms with E-state index in [2.05, 4.69) is 16.9 Å². The summed E-state index contributed by atoms with van der Waals surface area (Å²) in [6, 6.07) is 10.6. The summed E-state index contributed by atoms with van der Waals surface area (Å²) in [6.07, 6.45) is 1.28. The van der Waals surface area contributed by atoms with Gasteiger partial charge in [-0.3, -0.25) is 9.59 Å². The number of hydrogen-bond acceptors (Lipinski definition) is 8. The Balaban J connectivity index is 1.43. The highest BCUT2D eigenvalue weighted by Gasteiger charge is 2.31. The highest BCUT2D eigenvalue weighted by molar-refractivity contribution is 6.02. The largest absolute Gasteiger partial charge is 0.488 e. The summed E-state index contributed by atoms with van der Waals surface area (Å²) in [4.78, 5) is 26.9. The number of carbonyl (C=O) groups excluding carboxylic acids is 2. The Bertz CT molecular complexity index is 1170. The van der Waals surface area contributed by atoms with Crippen molar-refractivity contribution in [3.05, 3.63) is 65.0 Å². The van der Waals surface area contributed by atoms with Gasteiger partial charge in [0, 0.05) is 49.2 Å². The number of benzene rings is 2. The third-order valence-electron chi connectivity index (χ3n) is 5.71. The summed E-state index contributed by atoms with van der Waals surface area (Å²) < 4.78 is 24.7. The van der Waals surface area contributed by atoms with Crippen LogP contribution in [0.5, 0.6) is 5.75 Å². The Morgan fingerprint density at radius 2 is 1.94 bits per heavy atom. The number of likely N-dealkylation sites (tertiary alicyclic amines) is 1. The van der Waals surface area contributed by atoms with E-state index in [1.165, 1.54) is 25.3 Å². The minimum absolute atomic E-state index is 0.0595.